The number of nitrogens with one attached hydrogen (secondary N) is 1. The highest BCUT2D eigenvalue weighted by Crippen LogP contribution is 2.40. The number of nitrogens with zero attached hydrogens (tertiary/aromatic N) is 2. The molecule has 2 saturated heterocycles. The first-order valence-electron chi connectivity index (χ1n) is 5.59. The summed E-state index contributed by atoms with van der Waals surface area (Å²) in [4.78, 5) is 2.36. The highest BCUT2D eigenvalue weighted by molar-refractivity contribution is 7.89. The van der Waals surface area contributed by atoms with Crippen LogP contribution in [0.3, 0.4) is 0 Å². The first kappa shape index (κ1) is 11.4. The van der Waals surface area contributed by atoms with Gasteiger partial charge in [-0.15, -0.1) is 0 Å². The molecule has 0 aromatic rings. The molecule has 2 aliphatic rings. The number of piperidine rings is 1. The van der Waals surface area contributed by atoms with E-state index in [0.29, 0.717) is 5.41 Å². The van der Waals surface area contributed by atoms with Crippen molar-refractivity contribution in [3.05, 3.63) is 0 Å². The first-order chi connectivity index (χ1) is 6.91. The van der Waals surface area contributed by atoms with Crippen molar-refractivity contribution >= 4 is 9.92 Å². The van der Waals surface area contributed by atoms with Crippen LogP contribution in [0.4, 0.5) is 0 Å². The van der Waals surface area contributed by atoms with Crippen LogP contribution in [0.1, 0.15) is 19.3 Å². The Morgan fingerprint density at radius 1 is 1.20 bits per heavy atom. The number of likely N-dealkylation sites (tertiary alicyclic amines) is 1. The van der Waals surface area contributed by atoms with Gasteiger partial charge in [0.1, 0.15) is 9.92 Å². The molecule has 0 aromatic heterocycles. The standard InChI is InChI=1S/C10H21N3OS/c1-12-6-3-10(4-7-12)5-8-13(9-10)15(2,11)14/h11H,3-9H2,1-2H3. The van der Waals surface area contributed by atoms with Crippen molar-refractivity contribution in [3.63, 3.8) is 0 Å². The zero-order valence-electron chi connectivity index (χ0n) is 9.66. The molecule has 88 valence electrons. The van der Waals surface area contributed by atoms with Gasteiger partial charge in [0.15, 0.2) is 0 Å². The SMILES string of the molecule is CN1CCC2(CC1)CCN(S(C)(=N)=O)C2. The van der Waals surface area contributed by atoms with Gasteiger partial charge in [-0.1, -0.05) is 0 Å². The second kappa shape index (κ2) is 3.71. The van der Waals surface area contributed by atoms with Crippen LogP contribution in [0.25, 0.3) is 0 Å². The van der Waals surface area contributed by atoms with E-state index in [9.17, 15) is 4.21 Å². The van der Waals surface area contributed by atoms with E-state index in [0.717, 1.165) is 32.6 Å². The van der Waals surface area contributed by atoms with Crippen molar-refractivity contribution < 1.29 is 4.21 Å². The molecule has 0 bridgehead atoms. The lowest BCUT2D eigenvalue weighted by Crippen LogP contribution is -2.40. The summed E-state index contributed by atoms with van der Waals surface area (Å²) in [6, 6.07) is 0. The Bertz CT molecular complexity index is 331. The molecule has 0 saturated carbocycles. The van der Waals surface area contributed by atoms with E-state index in [2.05, 4.69) is 11.9 Å². The molecule has 1 unspecified atom stereocenters. The van der Waals surface area contributed by atoms with E-state index in [1.165, 1.54) is 12.8 Å². The van der Waals surface area contributed by atoms with Gasteiger partial charge in [0.2, 0.25) is 0 Å². The van der Waals surface area contributed by atoms with E-state index in [1.807, 2.05) is 4.31 Å². The van der Waals surface area contributed by atoms with Gasteiger partial charge in [-0.3, -0.25) is 0 Å². The molecule has 2 heterocycles. The fraction of sp³-hybridized carbons (Fsp3) is 1.00. The first-order valence-corrected chi connectivity index (χ1v) is 7.51. The maximum absolute atomic E-state index is 11.7. The van der Waals surface area contributed by atoms with Crippen LogP contribution >= 0.6 is 0 Å². The third kappa shape index (κ3) is 2.34. The minimum Gasteiger partial charge on any atom is -0.306 e. The van der Waals surface area contributed by atoms with E-state index in [-0.39, 0.29) is 0 Å². The molecule has 0 aromatic carbocycles. The lowest BCUT2D eigenvalue weighted by molar-refractivity contribution is 0.135. The molecule has 2 aliphatic heterocycles. The van der Waals surface area contributed by atoms with Gasteiger partial charge in [0.25, 0.3) is 0 Å². The van der Waals surface area contributed by atoms with Crippen LogP contribution in [-0.4, -0.2) is 52.9 Å². The maximum Gasteiger partial charge on any atom is 0.104 e. The lowest BCUT2D eigenvalue weighted by Gasteiger charge is -2.37. The molecular weight excluding hydrogens is 210 g/mol. The molecule has 5 heteroatoms. The molecule has 1 spiro atoms. The maximum atomic E-state index is 11.7. The monoisotopic (exact) mass is 231 g/mol. The van der Waals surface area contributed by atoms with Gasteiger partial charge >= 0.3 is 0 Å². The van der Waals surface area contributed by atoms with Crippen LogP contribution in [-0.2, 0) is 9.92 Å². The van der Waals surface area contributed by atoms with Crippen molar-refractivity contribution in [3.8, 4) is 0 Å². The van der Waals surface area contributed by atoms with Crippen molar-refractivity contribution in [2.24, 2.45) is 5.41 Å². The van der Waals surface area contributed by atoms with Crippen molar-refractivity contribution in [2.75, 3.05) is 39.5 Å². The van der Waals surface area contributed by atoms with Crippen molar-refractivity contribution in [1.82, 2.24) is 9.21 Å². The van der Waals surface area contributed by atoms with Crippen LogP contribution in [0.2, 0.25) is 0 Å². The third-order valence-corrected chi connectivity index (χ3v) is 5.24. The second-order valence-corrected chi connectivity index (χ2v) is 7.34. The van der Waals surface area contributed by atoms with Gasteiger partial charge in [-0.25, -0.2) is 13.3 Å². The Balaban J connectivity index is 2.03. The molecule has 0 radical (unpaired) electrons. The van der Waals surface area contributed by atoms with Gasteiger partial charge in [-0.2, -0.15) is 0 Å². The molecule has 0 aliphatic carbocycles. The topological polar surface area (TPSA) is 47.4 Å². The normalized spacial score (nSPS) is 31.9. The quantitative estimate of drug-likeness (QED) is 0.732. The van der Waals surface area contributed by atoms with E-state index >= 15 is 0 Å². The van der Waals surface area contributed by atoms with Crippen LogP contribution in [0.5, 0.6) is 0 Å². The van der Waals surface area contributed by atoms with E-state index < -0.39 is 9.92 Å². The van der Waals surface area contributed by atoms with Gasteiger partial charge in [0, 0.05) is 19.3 Å². The molecule has 4 nitrogen and oxygen atoms in total. The molecule has 2 rings (SSSR count). The summed E-state index contributed by atoms with van der Waals surface area (Å²) < 4.78 is 21.1. The zero-order valence-corrected chi connectivity index (χ0v) is 10.5. The summed E-state index contributed by atoms with van der Waals surface area (Å²) in [6.07, 6.45) is 5.08. The largest absolute Gasteiger partial charge is 0.306 e. The molecule has 2 fully saturated rings. The Morgan fingerprint density at radius 2 is 1.73 bits per heavy atom. The lowest BCUT2D eigenvalue weighted by atomic mass is 9.78. The Labute approximate surface area is 92.7 Å². The summed E-state index contributed by atoms with van der Waals surface area (Å²) in [5, 5.41) is 0. The van der Waals surface area contributed by atoms with E-state index in [4.69, 9.17) is 4.78 Å². The van der Waals surface area contributed by atoms with Crippen molar-refractivity contribution in [2.45, 2.75) is 19.3 Å². The summed E-state index contributed by atoms with van der Waals surface area (Å²) in [6.45, 7) is 4.02. The minimum absolute atomic E-state index is 0.367. The predicted molar refractivity (Wildman–Crippen MR) is 62.1 cm³/mol. The highest BCUT2D eigenvalue weighted by atomic mass is 32.2. The predicted octanol–water partition coefficient (Wildman–Crippen LogP) is 0.996. The molecule has 1 atom stereocenters. The number of hydrogen-bond acceptors (Lipinski definition) is 3. The van der Waals surface area contributed by atoms with E-state index in [1.54, 1.807) is 6.26 Å². The highest BCUT2D eigenvalue weighted by Gasteiger charge is 2.41. The molecular formula is C10H21N3OS. The summed E-state index contributed by atoms with van der Waals surface area (Å²) in [5.74, 6) is 0. The van der Waals surface area contributed by atoms with Crippen LogP contribution in [0, 0.1) is 10.2 Å². The average molecular weight is 231 g/mol. The summed E-state index contributed by atoms with van der Waals surface area (Å²) in [5.41, 5.74) is 0.367. The number of hydrogen-bond donors (Lipinski definition) is 1. The van der Waals surface area contributed by atoms with Crippen LogP contribution in [0.15, 0.2) is 0 Å². The van der Waals surface area contributed by atoms with Crippen molar-refractivity contribution in [1.29, 1.82) is 4.78 Å². The van der Waals surface area contributed by atoms with Crippen LogP contribution < -0.4 is 0 Å². The van der Waals surface area contributed by atoms with Gasteiger partial charge < -0.3 is 4.90 Å². The fourth-order valence-electron chi connectivity index (χ4n) is 2.69. The number of rotatable bonds is 1. The smallest absolute Gasteiger partial charge is 0.104 e. The summed E-state index contributed by atoms with van der Waals surface area (Å²) >= 11 is 0. The summed E-state index contributed by atoms with van der Waals surface area (Å²) in [7, 11) is -0.312. The zero-order chi connectivity index (χ0) is 11.1. The Kier molecular flexibility index (Phi) is 2.81. The average Bonchev–Trinajstić information content (AvgIpc) is 2.55. The molecule has 15 heavy (non-hydrogen) atoms. The molecule has 0 amide bonds. The Morgan fingerprint density at radius 3 is 2.20 bits per heavy atom. The third-order valence-electron chi connectivity index (χ3n) is 3.94. The van der Waals surface area contributed by atoms with Gasteiger partial charge in [0.05, 0.1) is 0 Å². The molecule has 1 N–H and O–H groups in total. The fourth-order valence-corrected chi connectivity index (χ4v) is 3.65. The second-order valence-electron chi connectivity index (χ2n) is 5.22. The van der Waals surface area contributed by atoms with Gasteiger partial charge in [-0.05, 0) is 44.8 Å². The Hall–Kier alpha value is -0.130. The minimum atomic E-state index is -2.47.